The van der Waals surface area contributed by atoms with E-state index in [1.54, 1.807) is 32.9 Å². The Kier molecular flexibility index (Phi) is 4.51. The zero-order valence-electron chi connectivity index (χ0n) is 11.9. The Morgan fingerprint density at radius 2 is 2.19 bits per heavy atom. The van der Waals surface area contributed by atoms with Gasteiger partial charge in [-0.2, -0.15) is 0 Å². The minimum Gasteiger partial charge on any atom is -0.378 e. The third-order valence-electron chi connectivity index (χ3n) is 3.70. The number of thioether (sulfide) groups is 1. The van der Waals surface area contributed by atoms with E-state index in [-0.39, 0.29) is 29.0 Å². The van der Waals surface area contributed by atoms with E-state index in [0.29, 0.717) is 26.3 Å². The van der Waals surface area contributed by atoms with Crippen molar-refractivity contribution in [1.82, 2.24) is 9.80 Å². The summed E-state index contributed by atoms with van der Waals surface area (Å²) in [5, 5.41) is 1.89. The summed E-state index contributed by atoms with van der Waals surface area (Å²) in [5.41, 5.74) is 0. The van der Waals surface area contributed by atoms with Crippen LogP contribution in [-0.2, 0) is 14.3 Å². The van der Waals surface area contributed by atoms with Crippen molar-refractivity contribution in [2.24, 2.45) is 0 Å². The molecule has 21 heavy (non-hydrogen) atoms. The third-order valence-corrected chi connectivity index (χ3v) is 6.15. The molecule has 2 aliphatic heterocycles. The number of thiophene rings is 1. The normalized spacial score (nSPS) is 26.4. The van der Waals surface area contributed by atoms with E-state index < -0.39 is 0 Å². The second-order valence-electron chi connectivity index (χ2n) is 5.11. The first-order chi connectivity index (χ1) is 10.2. The molecule has 2 saturated heterocycles. The first-order valence-corrected chi connectivity index (χ1v) is 8.84. The molecule has 2 aliphatic rings. The van der Waals surface area contributed by atoms with E-state index in [4.69, 9.17) is 4.74 Å². The molecule has 3 heterocycles. The van der Waals surface area contributed by atoms with Gasteiger partial charge in [-0.1, -0.05) is 6.07 Å². The van der Waals surface area contributed by atoms with Crippen LogP contribution in [0.3, 0.4) is 0 Å². The second-order valence-corrected chi connectivity index (χ2v) is 7.51. The van der Waals surface area contributed by atoms with Crippen molar-refractivity contribution in [3.05, 3.63) is 22.4 Å². The summed E-state index contributed by atoms with van der Waals surface area (Å²) in [6, 6.07) is 4.01. The van der Waals surface area contributed by atoms with Crippen LogP contribution >= 0.6 is 23.1 Å². The lowest BCUT2D eigenvalue weighted by Crippen LogP contribution is -2.46. The maximum Gasteiger partial charge on any atom is 0.242 e. The van der Waals surface area contributed by atoms with Crippen LogP contribution in [0.25, 0.3) is 0 Å². The largest absolute Gasteiger partial charge is 0.378 e. The van der Waals surface area contributed by atoms with Crippen LogP contribution in [0, 0.1) is 0 Å². The third kappa shape index (κ3) is 3.09. The second kappa shape index (κ2) is 6.37. The molecule has 5 nitrogen and oxygen atoms in total. The van der Waals surface area contributed by atoms with Gasteiger partial charge in [-0.05, 0) is 18.4 Å². The smallest absolute Gasteiger partial charge is 0.242 e. The molecule has 2 unspecified atom stereocenters. The van der Waals surface area contributed by atoms with Crippen molar-refractivity contribution in [2.45, 2.75) is 17.5 Å². The Hall–Kier alpha value is -1.05. The van der Waals surface area contributed by atoms with Crippen LogP contribution < -0.4 is 0 Å². The number of hydrogen-bond acceptors (Lipinski definition) is 5. The van der Waals surface area contributed by atoms with Crippen molar-refractivity contribution in [3.8, 4) is 0 Å². The highest BCUT2D eigenvalue weighted by Crippen LogP contribution is 2.44. The highest BCUT2D eigenvalue weighted by atomic mass is 32.2. The van der Waals surface area contributed by atoms with Gasteiger partial charge < -0.3 is 14.5 Å². The molecule has 1 aromatic rings. The molecule has 0 radical (unpaired) electrons. The van der Waals surface area contributed by atoms with E-state index >= 15 is 0 Å². The Balaban J connectivity index is 1.71. The number of rotatable bonds is 3. The fourth-order valence-corrected chi connectivity index (χ4v) is 4.77. The lowest BCUT2D eigenvalue weighted by molar-refractivity contribution is -0.142. The maximum absolute atomic E-state index is 12.4. The molecule has 114 valence electrons. The van der Waals surface area contributed by atoms with Gasteiger partial charge in [0.1, 0.15) is 11.9 Å². The predicted octanol–water partition coefficient (Wildman–Crippen LogP) is 1.57. The van der Waals surface area contributed by atoms with Gasteiger partial charge in [0.25, 0.3) is 0 Å². The number of nitrogens with zero attached hydrogens (tertiary/aromatic N) is 2. The van der Waals surface area contributed by atoms with Gasteiger partial charge in [-0.25, -0.2) is 0 Å². The van der Waals surface area contributed by atoms with Gasteiger partial charge in [-0.15, -0.1) is 23.1 Å². The Morgan fingerprint density at radius 3 is 2.86 bits per heavy atom. The summed E-state index contributed by atoms with van der Waals surface area (Å²) < 4.78 is 5.26. The first kappa shape index (κ1) is 14.9. The molecular weight excluding hydrogens is 308 g/mol. The lowest BCUT2D eigenvalue weighted by atomic mass is 10.3. The van der Waals surface area contributed by atoms with E-state index in [2.05, 4.69) is 0 Å². The summed E-state index contributed by atoms with van der Waals surface area (Å²) in [5.74, 6) is 0.0721. The minimum absolute atomic E-state index is 0.0166. The van der Waals surface area contributed by atoms with Crippen molar-refractivity contribution < 1.29 is 14.3 Å². The van der Waals surface area contributed by atoms with Crippen LogP contribution in [-0.4, -0.2) is 59.7 Å². The van der Waals surface area contributed by atoms with E-state index in [9.17, 15) is 9.59 Å². The van der Waals surface area contributed by atoms with Crippen LogP contribution in [0.15, 0.2) is 17.5 Å². The van der Waals surface area contributed by atoms with Crippen molar-refractivity contribution >= 4 is 34.9 Å². The predicted molar refractivity (Wildman–Crippen MR) is 83.2 cm³/mol. The first-order valence-electron chi connectivity index (χ1n) is 7.01. The topological polar surface area (TPSA) is 49.9 Å². The quantitative estimate of drug-likeness (QED) is 0.846. The van der Waals surface area contributed by atoms with E-state index in [1.165, 1.54) is 0 Å². The zero-order chi connectivity index (χ0) is 14.8. The highest BCUT2D eigenvalue weighted by molar-refractivity contribution is 8.01. The standard InChI is InChI=1S/C14H18N2O3S2/c1-10-13(18)16(14(21-10)11-3-2-8-20-11)9-12(17)15-4-6-19-7-5-15/h2-3,8,10,14H,4-7,9H2,1H3. The molecule has 7 heteroatoms. The summed E-state index contributed by atoms with van der Waals surface area (Å²) in [7, 11) is 0. The van der Waals surface area contributed by atoms with Crippen LogP contribution in [0.5, 0.6) is 0 Å². The van der Waals surface area contributed by atoms with Gasteiger partial charge in [0, 0.05) is 18.0 Å². The van der Waals surface area contributed by atoms with Crippen LogP contribution in [0.2, 0.25) is 0 Å². The zero-order valence-corrected chi connectivity index (χ0v) is 13.5. The molecule has 2 atom stereocenters. The van der Waals surface area contributed by atoms with E-state index in [0.717, 1.165) is 4.88 Å². The lowest BCUT2D eigenvalue weighted by Gasteiger charge is -2.30. The monoisotopic (exact) mass is 326 g/mol. The molecule has 0 spiro atoms. The summed E-state index contributed by atoms with van der Waals surface area (Å²) >= 11 is 3.25. The highest BCUT2D eigenvalue weighted by Gasteiger charge is 2.40. The molecule has 3 rings (SSSR count). The van der Waals surface area contributed by atoms with Gasteiger partial charge in [0.05, 0.1) is 18.5 Å². The van der Waals surface area contributed by atoms with Crippen LogP contribution in [0.1, 0.15) is 17.2 Å². The van der Waals surface area contributed by atoms with Gasteiger partial charge in [0.15, 0.2) is 0 Å². The Bertz CT molecular complexity index is 514. The molecule has 2 amide bonds. The fraction of sp³-hybridized carbons (Fsp3) is 0.571. The summed E-state index contributed by atoms with van der Waals surface area (Å²) in [4.78, 5) is 29.4. The number of hydrogen-bond donors (Lipinski definition) is 0. The molecule has 1 aromatic heterocycles. The van der Waals surface area contributed by atoms with Crippen molar-refractivity contribution in [3.63, 3.8) is 0 Å². The number of carbonyl (C=O) groups is 2. The van der Waals surface area contributed by atoms with Crippen LogP contribution in [0.4, 0.5) is 0 Å². The molecule has 0 N–H and O–H groups in total. The average molecular weight is 326 g/mol. The van der Waals surface area contributed by atoms with Gasteiger partial charge >= 0.3 is 0 Å². The SMILES string of the molecule is CC1SC(c2cccs2)N(CC(=O)N2CCOCC2)C1=O. The average Bonchev–Trinajstić information content (AvgIpc) is 3.12. The van der Waals surface area contributed by atoms with Gasteiger partial charge in [0.2, 0.25) is 11.8 Å². The fourth-order valence-electron chi connectivity index (χ4n) is 2.55. The Morgan fingerprint density at radius 1 is 1.43 bits per heavy atom. The molecular formula is C14H18N2O3S2. The van der Waals surface area contributed by atoms with Gasteiger partial charge in [-0.3, -0.25) is 9.59 Å². The number of carbonyl (C=O) groups excluding carboxylic acids is 2. The molecule has 0 aliphatic carbocycles. The van der Waals surface area contributed by atoms with E-state index in [1.807, 2.05) is 24.4 Å². The molecule has 0 saturated carbocycles. The number of morpholine rings is 1. The van der Waals surface area contributed by atoms with Crippen molar-refractivity contribution in [2.75, 3.05) is 32.8 Å². The summed E-state index contributed by atoms with van der Waals surface area (Å²) in [6.45, 7) is 4.48. The molecule has 2 fully saturated rings. The number of ether oxygens (including phenoxy) is 1. The summed E-state index contributed by atoms with van der Waals surface area (Å²) in [6.07, 6.45) is 0. The molecule has 0 bridgehead atoms. The number of amides is 2. The van der Waals surface area contributed by atoms with Crippen molar-refractivity contribution in [1.29, 1.82) is 0 Å². The Labute approximate surface area is 132 Å². The molecule has 0 aromatic carbocycles. The maximum atomic E-state index is 12.4. The minimum atomic E-state index is -0.0883.